The number of carboxylic acid groups (broad SMARTS) is 1. The van der Waals surface area contributed by atoms with Gasteiger partial charge in [0.05, 0.1) is 11.2 Å². The van der Waals surface area contributed by atoms with E-state index >= 15 is 0 Å². The van der Waals surface area contributed by atoms with E-state index in [4.69, 9.17) is 5.11 Å². The Balaban J connectivity index is 1.55. The summed E-state index contributed by atoms with van der Waals surface area (Å²) in [5, 5.41) is 10.9. The summed E-state index contributed by atoms with van der Waals surface area (Å²) in [6.45, 7) is -0.340. The van der Waals surface area contributed by atoms with Crippen molar-refractivity contribution in [3.8, 4) is 11.3 Å². The van der Waals surface area contributed by atoms with E-state index in [0.29, 0.717) is 0 Å². The van der Waals surface area contributed by atoms with Crippen LogP contribution in [0.1, 0.15) is 31.2 Å². The normalized spacial score (nSPS) is 19.7. The number of amides is 2. The minimum Gasteiger partial charge on any atom is -0.480 e. The summed E-state index contributed by atoms with van der Waals surface area (Å²) in [6, 6.07) is 13.4. The standard InChI is InChI=1S/C23H23N3O5/c27-18-12-23(9-3-10-23)26(22(31)20(18)21(30)25-13-19(28)29)14-15-5-7-16(8-6-15)17-4-1-2-11-24-17/h1-2,4-8,11,20H,3,9-10,12-14H2,(H,25,30)(H,28,29). The number of aromatic nitrogens is 1. The van der Waals surface area contributed by atoms with Gasteiger partial charge in [-0.25, -0.2) is 0 Å². The number of carbonyl (C=O) groups excluding carboxylic acids is 3. The van der Waals surface area contributed by atoms with Crippen molar-refractivity contribution in [3.05, 3.63) is 54.2 Å². The molecule has 8 nitrogen and oxygen atoms in total. The molecule has 2 fully saturated rings. The first kappa shape index (κ1) is 20.7. The van der Waals surface area contributed by atoms with Crippen molar-refractivity contribution in [2.75, 3.05) is 6.54 Å². The van der Waals surface area contributed by atoms with Crippen LogP contribution >= 0.6 is 0 Å². The molecule has 2 amide bonds. The monoisotopic (exact) mass is 421 g/mol. The van der Waals surface area contributed by atoms with Crippen molar-refractivity contribution < 1.29 is 24.3 Å². The number of ketones is 1. The highest BCUT2D eigenvalue weighted by Crippen LogP contribution is 2.45. The average molecular weight is 421 g/mol. The van der Waals surface area contributed by atoms with Crippen molar-refractivity contribution in [2.45, 2.75) is 37.8 Å². The van der Waals surface area contributed by atoms with Gasteiger partial charge in [-0.3, -0.25) is 24.2 Å². The molecule has 1 atom stereocenters. The third-order valence-corrected chi connectivity index (χ3v) is 6.13. The van der Waals surface area contributed by atoms with Gasteiger partial charge in [-0.1, -0.05) is 30.3 Å². The molecule has 2 N–H and O–H groups in total. The second-order valence-corrected chi connectivity index (χ2v) is 8.10. The molecule has 31 heavy (non-hydrogen) atoms. The van der Waals surface area contributed by atoms with Gasteiger partial charge in [0.25, 0.3) is 0 Å². The number of pyridine rings is 1. The fourth-order valence-electron chi connectivity index (χ4n) is 4.35. The molecule has 160 valence electrons. The van der Waals surface area contributed by atoms with Crippen molar-refractivity contribution in [1.82, 2.24) is 15.2 Å². The number of piperidine rings is 1. The number of carboxylic acids is 1. The van der Waals surface area contributed by atoms with Crippen molar-refractivity contribution in [3.63, 3.8) is 0 Å². The Morgan fingerprint density at radius 1 is 1.13 bits per heavy atom. The van der Waals surface area contributed by atoms with Gasteiger partial charge < -0.3 is 15.3 Å². The van der Waals surface area contributed by atoms with E-state index in [-0.39, 0.29) is 13.0 Å². The van der Waals surface area contributed by atoms with Gasteiger partial charge >= 0.3 is 5.97 Å². The number of hydrogen-bond donors (Lipinski definition) is 2. The maximum absolute atomic E-state index is 13.2. The molecule has 1 aliphatic heterocycles. The minimum atomic E-state index is -1.49. The molecular weight excluding hydrogens is 398 g/mol. The van der Waals surface area contributed by atoms with Gasteiger partial charge in [0, 0.05) is 24.7 Å². The van der Waals surface area contributed by atoms with E-state index in [2.05, 4.69) is 10.3 Å². The maximum Gasteiger partial charge on any atom is 0.322 e. The third-order valence-electron chi connectivity index (χ3n) is 6.13. The van der Waals surface area contributed by atoms with Gasteiger partial charge in [-0.05, 0) is 37.0 Å². The zero-order valence-electron chi connectivity index (χ0n) is 16.9. The molecule has 8 heteroatoms. The van der Waals surface area contributed by atoms with E-state index in [0.717, 1.165) is 36.1 Å². The topological polar surface area (TPSA) is 117 Å². The molecule has 2 heterocycles. The van der Waals surface area contributed by atoms with Crippen LogP contribution in [0.15, 0.2) is 48.7 Å². The van der Waals surface area contributed by atoms with Crippen molar-refractivity contribution >= 4 is 23.6 Å². The zero-order chi connectivity index (χ0) is 22.0. The summed E-state index contributed by atoms with van der Waals surface area (Å²) in [5.74, 6) is -4.55. The lowest BCUT2D eigenvalue weighted by Gasteiger charge is -2.53. The summed E-state index contributed by atoms with van der Waals surface area (Å²) in [4.78, 5) is 55.0. The molecule has 0 radical (unpaired) electrons. The number of likely N-dealkylation sites (tertiary alicyclic amines) is 1. The quantitative estimate of drug-likeness (QED) is 0.687. The fourth-order valence-corrected chi connectivity index (χ4v) is 4.35. The first-order valence-corrected chi connectivity index (χ1v) is 10.2. The Morgan fingerprint density at radius 3 is 2.45 bits per heavy atom. The highest BCUT2D eigenvalue weighted by molar-refractivity contribution is 6.20. The lowest BCUT2D eigenvalue weighted by molar-refractivity contribution is -0.164. The molecule has 1 aromatic carbocycles. The fraction of sp³-hybridized carbons (Fsp3) is 0.348. The number of carbonyl (C=O) groups is 4. The van der Waals surface area contributed by atoms with Crippen LogP contribution in [0, 0.1) is 5.92 Å². The Kier molecular flexibility index (Phi) is 5.54. The van der Waals surface area contributed by atoms with E-state index < -0.39 is 41.6 Å². The van der Waals surface area contributed by atoms with Crippen LogP contribution in [0.25, 0.3) is 11.3 Å². The van der Waals surface area contributed by atoms with Crippen molar-refractivity contribution in [1.29, 1.82) is 0 Å². The van der Waals surface area contributed by atoms with E-state index in [9.17, 15) is 19.2 Å². The molecule has 1 aliphatic carbocycles. The highest BCUT2D eigenvalue weighted by Gasteiger charge is 2.55. The molecule has 1 saturated carbocycles. The molecule has 0 bridgehead atoms. The average Bonchev–Trinajstić information content (AvgIpc) is 2.74. The summed E-state index contributed by atoms with van der Waals surface area (Å²) in [5.41, 5.74) is 2.14. The predicted molar refractivity (Wildman–Crippen MR) is 111 cm³/mol. The Morgan fingerprint density at radius 2 is 1.87 bits per heavy atom. The van der Waals surface area contributed by atoms with Crippen LogP contribution in [0.2, 0.25) is 0 Å². The van der Waals surface area contributed by atoms with E-state index in [1.54, 1.807) is 11.1 Å². The van der Waals surface area contributed by atoms with Crippen LogP contribution < -0.4 is 5.32 Å². The number of rotatable bonds is 6. The van der Waals surface area contributed by atoms with Gasteiger partial charge in [-0.15, -0.1) is 0 Å². The number of nitrogens with zero attached hydrogens (tertiary/aromatic N) is 2. The van der Waals surface area contributed by atoms with Crippen LogP contribution in [0.5, 0.6) is 0 Å². The number of benzene rings is 1. The number of aliphatic carboxylic acids is 1. The summed E-state index contributed by atoms with van der Waals surface area (Å²) < 4.78 is 0. The highest BCUT2D eigenvalue weighted by atomic mass is 16.4. The van der Waals surface area contributed by atoms with Crippen LogP contribution in [0.3, 0.4) is 0 Å². The molecule has 1 saturated heterocycles. The maximum atomic E-state index is 13.2. The van der Waals surface area contributed by atoms with Gasteiger partial charge in [0.1, 0.15) is 6.54 Å². The van der Waals surface area contributed by atoms with Gasteiger partial charge in [0.2, 0.25) is 11.8 Å². The first-order valence-electron chi connectivity index (χ1n) is 10.2. The number of nitrogens with one attached hydrogen (secondary N) is 1. The Bertz CT molecular complexity index is 1020. The number of hydrogen-bond acceptors (Lipinski definition) is 5. The van der Waals surface area contributed by atoms with E-state index in [1.165, 1.54) is 0 Å². The molecular formula is C23H23N3O5. The van der Waals surface area contributed by atoms with Gasteiger partial charge in [-0.2, -0.15) is 0 Å². The van der Waals surface area contributed by atoms with E-state index in [1.807, 2.05) is 42.5 Å². The molecule has 4 rings (SSSR count). The largest absolute Gasteiger partial charge is 0.480 e. The SMILES string of the molecule is O=C(O)CNC(=O)C1C(=O)CC2(CCC2)N(Cc2ccc(-c3ccccn3)cc2)C1=O. The lowest BCUT2D eigenvalue weighted by atomic mass is 9.67. The van der Waals surface area contributed by atoms with Crippen LogP contribution in [-0.4, -0.2) is 50.6 Å². The Labute approximate surface area is 179 Å². The third kappa shape index (κ3) is 4.05. The second-order valence-electron chi connectivity index (χ2n) is 8.10. The minimum absolute atomic E-state index is 0.121. The summed E-state index contributed by atoms with van der Waals surface area (Å²) in [6.07, 6.45) is 4.21. The van der Waals surface area contributed by atoms with Crippen molar-refractivity contribution in [2.24, 2.45) is 5.92 Å². The molecule has 1 unspecified atom stereocenters. The zero-order valence-corrected chi connectivity index (χ0v) is 16.9. The molecule has 2 aliphatic rings. The molecule has 1 aromatic heterocycles. The smallest absolute Gasteiger partial charge is 0.322 e. The van der Waals surface area contributed by atoms with Gasteiger partial charge in [0.15, 0.2) is 11.7 Å². The van der Waals surface area contributed by atoms with Crippen LogP contribution in [0.4, 0.5) is 0 Å². The number of Topliss-reactive ketones (excluding diaryl/α,β-unsaturated/α-hetero) is 1. The molecule has 1 spiro atoms. The molecule has 2 aromatic rings. The predicted octanol–water partition coefficient (Wildman–Crippen LogP) is 1.79. The summed E-state index contributed by atoms with van der Waals surface area (Å²) in [7, 11) is 0. The summed E-state index contributed by atoms with van der Waals surface area (Å²) >= 11 is 0. The Hall–Kier alpha value is -3.55. The second kappa shape index (κ2) is 8.29. The van der Waals surface area contributed by atoms with Crippen LogP contribution in [-0.2, 0) is 25.7 Å². The first-order chi connectivity index (χ1) is 14.9. The lowest BCUT2D eigenvalue weighted by Crippen LogP contribution is -2.65.